The number of halogens is 1. The number of benzene rings is 2. The number of aliphatic hydroxyl groups is 2. The summed E-state index contributed by atoms with van der Waals surface area (Å²) in [6.45, 7) is 0.825. The van der Waals surface area contributed by atoms with Gasteiger partial charge in [0.1, 0.15) is 5.75 Å². The van der Waals surface area contributed by atoms with Crippen LogP contribution in [0, 0.1) is 0 Å². The van der Waals surface area contributed by atoms with E-state index in [-0.39, 0.29) is 13.2 Å². The fourth-order valence-corrected chi connectivity index (χ4v) is 2.68. The Kier molecular flexibility index (Phi) is 6.10. The average molecular weight is 337 g/mol. The Bertz CT molecular complexity index is 658. The van der Waals surface area contributed by atoms with E-state index in [1.54, 1.807) is 19.2 Å². The van der Waals surface area contributed by atoms with E-state index in [1.807, 2.05) is 29.2 Å². The lowest BCUT2D eigenvalue weighted by Gasteiger charge is -2.26. The second-order valence-electron chi connectivity index (χ2n) is 5.06. The Labute approximate surface area is 140 Å². The number of methoxy groups -OCH3 is 1. The molecule has 0 aliphatic rings. The zero-order valence-electron chi connectivity index (χ0n) is 13.0. The van der Waals surface area contributed by atoms with Gasteiger partial charge in [0.05, 0.1) is 25.3 Å². The zero-order valence-corrected chi connectivity index (χ0v) is 13.8. The van der Waals surface area contributed by atoms with Crippen molar-refractivity contribution in [3.05, 3.63) is 41.4 Å². The van der Waals surface area contributed by atoms with Gasteiger partial charge in [-0.2, -0.15) is 0 Å². The minimum Gasteiger partial charge on any atom is -0.495 e. The normalized spacial score (nSPS) is 10.6. The minimum absolute atomic E-state index is 0.00620. The molecule has 0 bridgehead atoms. The molecule has 0 atom stereocenters. The van der Waals surface area contributed by atoms with Gasteiger partial charge in [-0.05, 0) is 35.9 Å². The van der Waals surface area contributed by atoms with Crippen molar-refractivity contribution in [3.8, 4) is 16.9 Å². The third-order valence-electron chi connectivity index (χ3n) is 3.56. The van der Waals surface area contributed by atoms with Gasteiger partial charge in [-0.1, -0.05) is 17.7 Å². The van der Waals surface area contributed by atoms with Gasteiger partial charge in [-0.15, -0.1) is 0 Å². The molecule has 0 aliphatic carbocycles. The van der Waals surface area contributed by atoms with Crippen molar-refractivity contribution in [1.82, 2.24) is 0 Å². The predicted octanol–water partition coefficient (Wildman–Crippen LogP) is 2.39. The summed E-state index contributed by atoms with van der Waals surface area (Å²) in [4.78, 5) is 1.91. The smallest absolute Gasteiger partial charge is 0.138 e. The maximum absolute atomic E-state index is 9.27. The third kappa shape index (κ3) is 4.07. The van der Waals surface area contributed by atoms with Crippen LogP contribution >= 0.6 is 11.6 Å². The van der Waals surface area contributed by atoms with Crippen molar-refractivity contribution in [2.45, 2.75) is 0 Å². The van der Waals surface area contributed by atoms with E-state index in [0.29, 0.717) is 29.5 Å². The van der Waals surface area contributed by atoms with Crippen LogP contribution in [0.15, 0.2) is 36.4 Å². The van der Waals surface area contributed by atoms with Crippen molar-refractivity contribution >= 4 is 23.0 Å². The molecule has 0 spiro atoms. The monoisotopic (exact) mass is 336 g/mol. The molecule has 0 radical (unpaired) electrons. The molecule has 5 nitrogen and oxygen atoms in total. The zero-order chi connectivity index (χ0) is 16.8. The highest BCUT2D eigenvalue weighted by atomic mass is 35.5. The van der Waals surface area contributed by atoms with Crippen LogP contribution < -0.4 is 15.4 Å². The molecule has 2 rings (SSSR count). The molecule has 0 aliphatic heterocycles. The molecule has 4 N–H and O–H groups in total. The Morgan fingerprint density at radius 2 is 1.78 bits per heavy atom. The number of nitrogens with two attached hydrogens (primary N) is 1. The van der Waals surface area contributed by atoms with Crippen LogP contribution in [0.3, 0.4) is 0 Å². The Morgan fingerprint density at radius 3 is 2.39 bits per heavy atom. The lowest BCUT2D eigenvalue weighted by molar-refractivity contribution is 0.281. The number of nitrogen functional groups attached to an aromatic ring is 1. The van der Waals surface area contributed by atoms with E-state index in [0.717, 1.165) is 16.8 Å². The van der Waals surface area contributed by atoms with Crippen molar-refractivity contribution in [1.29, 1.82) is 0 Å². The van der Waals surface area contributed by atoms with Gasteiger partial charge in [0, 0.05) is 30.0 Å². The predicted molar refractivity (Wildman–Crippen MR) is 94.2 cm³/mol. The number of nitrogens with zero attached hydrogens (tertiary/aromatic N) is 1. The molecule has 2 aromatic carbocycles. The van der Waals surface area contributed by atoms with E-state index in [9.17, 15) is 10.2 Å². The molecular formula is C17H21ClN2O3. The van der Waals surface area contributed by atoms with Gasteiger partial charge in [-0.3, -0.25) is 0 Å². The molecule has 0 amide bonds. The Balaban J connectivity index is 2.54. The Hall–Kier alpha value is -1.95. The lowest BCUT2D eigenvalue weighted by atomic mass is 10.0. The minimum atomic E-state index is -0.00620. The highest BCUT2D eigenvalue weighted by Crippen LogP contribution is 2.36. The van der Waals surface area contributed by atoms with E-state index >= 15 is 0 Å². The number of hydrogen-bond acceptors (Lipinski definition) is 5. The topological polar surface area (TPSA) is 79.0 Å². The maximum atomic E-state index is 9.27. The quantitative estimate of drug-likeness (QED) is 0.677. The van der Waals surface area contributed by atoms with E-state index in [2.05, 4.69) is 0 Å². The highest BCUT2D eigenvalue weighted by molar-refractivity contribution is 6.32. The van der Waals surface area contributed by atoms with Crippen LogP contribution in [0.1, 0.15) is 0 Å². The highest BCUT2D eigenvalue weighted by Gasteiger charge is 2.14. The molecule has 2 aromatic rings. The van der Waals surface area contributed by atoms with Crippen molar-refractivity contribution < 1.29 is 14.9 Å². The van der Waals surface area contributed by atoms with E-state index in [4.69, 9.17) is 22.1 Å². The number of hydrogen-bond donors (Lipinski definition) is 3. The molecule has 124 valence electrons. The van der Waals surface area contributed by atoms with Gasteiger partial charge >= 0.3 is 0 Å². The van der Waals surface area contributed by atoms with Crippen LogP contribution in [-0.2, 0) is 0 Å². The van der Waals surface area contributed by atoms with Crippen molar-refractivity contribution in [2.75, 3.05) is 44.0 Å². The summed E-state index contributed by atoms with van der Waals surface area (Å²) in [6.07, 6.45) is 0. The number of rotatable bonds is 7. The second kappa shape index (κ2) is 8.06. The molecule has 0 unspecified atom stereocenters. The first-order chi connectivity index (χ1) is 11.1. The number of ether oxygens (including phenoxy) is 1. The molecule has 6 heteroatoms. The molecule has 0 aromatic heterocycles. The van der Waals surface area contributed by atoms with Crippen molar-refractivity contribution in [3.63, 3.8) is 0 Å². The molecule has 0 saturated heterocycles. The molecule has 0 heterocycles. The van der Waals surface area contributed by atoms with Gasteiger partial charge in [0.2, 0.25) is 0 Å². The van der Waals surface area contributed by atoms with Crippen LogP contribution in [-0.4, -0.2) is 43.6 Å². The average Bonchev–Trinajstić information content (AvgIpc) is 2.55. The second-order valence-corrected chi connectivity index (χ2v) is 5.47. The molecular weight excluding hydrogens is 316 g/mol. The van der Waals surface area contributed by atoms with Gasteiger partial charge in [-0.25, -0.2) is 0 Å². The molecule has 0 saturated carbocycles. The summed E-state index contributed by atoms with van der Waals surface area (Å²) < 4.78 is 5.28. The SMILES string of the molecule is COc1cc(-c2cc(N)ccc2N(CCO)CCO)ccc1Cl. The number of anilines is 2. The lowest BCUT2D eigenvalue weighted by Crippen LogP contribution is -2.30. The van der Waals surface area contributed by atoms with E-state index in [1.165, 1.54) is 0 Å². The van der Waals surface area contributed by atoms with Gasteiger partial charge in [0.15, 0.2) is 0 Å². The first kappa shape index (κ1) is 17.4. The van der Waals surface area contributed by atoms with Crippen LogP contribution in [0.4, 0.5) is 11.4 Å². The van der Waals surface area contributed by atoms with Gasteiger partial charge in [0.25, 0.3) is 0 Å². The third-order valence-corrected chi connectivity index (χ3v) is 3.88. The maximum Gasteiger partial charge on any atom is 0.138 e. The summed E-state index contributed by atoms with van der Waals surface area (Å²) in [5, 5.41) is 19.1. The van der Waals surface area contributed by atoms with Crippen molar-refractivity contribution in [2.24, 2.45) is 0 Å². The summed E-state index contributed by atoms with van der Waals surface area (Å²) in [5.74, 6) is 0.577. The molecule has 23 heavy (non-hydrogen) atoms. The fourth-order valence-electron chi connectivity index (χ4n) is 2.48. The Morgan fingerprint density at radius 1 is 1.09 bits per heavy atom. The first-order valence-electron chi connectivity index (χ1n) is 7.30. The van der Waals surface area contributed by atoms with Crippen LogP contribution in [0.2, 0.25) is 5.02 Å². The molecule has 0 fully saturated rings. The van der Waals surface area contributed by atoms with Crippen LogP contribution in [0.5, 0.6) is 5.75 Å². The summed E-state index contributed by atoms with van der Waals surface area (Å²) in [5.41, 5.74) is 9.24. The summed E-state index contributed by atoms with van der Waals surface area (Å²) in [7, 11) is 1.56. The van der Waals surface area contributed by atoms with Crippen LogP contribution in [0.25, 0.3) is 11.1 Å². The van der Waals surface area contributed by atoms with E-state index < -0.39 is 0 Å². The number of aliphatic hydroxyl groups excluding tert-OH is 2. The standard InChI is InChI=1S/C17H21ClN2O3/c1-23-17-10-12(2-4-15(17)18)14-11-13(19)3-5-16(14)20(6-8-21)7-9-22/h2-5,10-11,21-22H,6-9,19H2,1H3. The van der Waals surface area contributed by atoms with Gasteiger partial charge < -0.3 is 25.6 Å². The first-order valence-corrected chi connectivity index (χ1v) is 7.68. The largest absolute Gasteiger partial charge is 0.495 e. The summed E-state index contributed by atoms with van der Waals surface area (Å²) in [6, 6.07) is 11.0. The fraction of sp³-hybridized carbons (Fsp3) is 0.294. The summed E-state index contributed by atoms with van der Waals surface area (Å²) >= 11 is 6.09.